The van der Waals surface area contributed by atoms with E-state index in [0.29, 0.717) is 18.1 Å². The summed E-state index contributed by atoms with van der Waals surface area (Å²) in [6, 6.07) is 9.80. The molecule has 0 spiro atoms. The molecule has 0 bridgehead atoms. The molecule has 6 nitrogen and oxygen atoms in total. The van der Waals surface area contributed by atoms with Gasteiger partial charge in [0.2, 0.25) is 0 Å². The van der Waals surface area contributed by atoms with Gasteiger partial charge in [0.1, 0.15) is 5.82 Å². The molecule has 1 heterocycles. The molecule has 6 heteroatoms. The minimum atomic E-state index is -0.420. The number of nitrogen functional groups attached to an aromatic ring is 1. The molecule has 0 radical (unpaired) electrons. The van der Waals surface area contributed by atoms with Gasteiger partial charge in [0.15, 0.2) is 0 Å². The van der Waals surface area contributed by atoms with Gasteiger partial charge in [0, 0.05) is 36.6 Å². The van der Waals surface area contributed by atoms with Gasteiger partial charge in [0.05, 0.1) is 4.92 Å². The van der Waals surface area contributed by atoms with Gasteiger partial charge in [0.25, 0.3) is 5.69 Å². The largest absolute Gasteiger partial charge is 0.399 e. The smallest absolute Gasteiger partial charge is 0.269 e. The molecule has 0 amide bonds. The topological polar surface area (TPSA) is 94.1 Å². The van der Waals surface area contributed by atoms with Crippen LogP contribution in [0, 0.1) is 10.1 Å². The van der Waals surface area contributed by atoms with Crippen molar-refractivity contribution in [2.24, 2.45) is 0 Å². The fourth-order valence-electron chi connectivity index (χ4n) is 1.47. The monoisotopic (exact) mass is 244 g/mol. The Morgan fingerprint density at radius 1 is 1.28 bits per heavy atom. The fraction of sp³-hybridized carbons (Fsp3) is 0.0833. The Kier molecular flexibility index (Phi) is 3.38. The maximum Gasteiger partial charge on any atom is 0.269 e. The first-order chi connectivity index (χ1) is 8.65. The van der Waals surface area contributed by atoms with Crippen LogP contribution in [0.3, 0.4) is 0 Å². The van der Waals surface area contributed by atoms with Crippen molar-refractivity contribution in [2.75, 3.05) is 11.1 Å². The Hall–Kier alpha value is -2.63. The lowest BCUT2D eigenvalue weighted by Crippen LogP contribution is -2.02. The van der Waals surface area contributed by atoms with Gasteiger partial charge >= 0.3 is 0 Å². The van der Waals surface area contributed by atoms with Crippen LogP contribution in [0.1, 0.15) is 5.56 Å². The van der Waals surface area contributed by atoms with E-state index < -0.39 is 4.92 Å². The van der Waals surface area contributed by atoms with E-state index in [1.165, 1.54) is 12.1 Å². The van der Waals surface area contributed by atoms with Gasteiger partial charge in [-0.3, -0.25) is 10.1 Å². The number of nitrogens with one attached hydrogen (secondary N) is 1. The summed E-state index contributed by atoms with van der Waals surface area (Å²) in [7, 11) is 0. The molecule has 0 aliphatic rings. The molecule has 0 unspecified atom stereocenters. The normalized spacial score (nSPS) is 10.0. The molecule has 0 saturated heterocycles. The molecule has 0 aliphatic carbocycles. The first-order valence-corrected chi connectivity index (χ1v) is 5.34. The highest BCUT2D eigenvalue weighted by molar-refractivity contribution is 5.48. The number of nitrogens with zero attached hydrogens (tertiary/aromatic N) is 2. The minimum Gasteiger partial charge on any atom is -0.399 e. The zero-order valence-electron chi connectivity index (χ0n) is 9.54. The lowest BCUT2D eigenvalue weighted by molar-refractivity contribution is -0.384. The van der Waals surface area contributed by atoms with Gasteiger partial charge in [-0.05, 0) is 11.6 Å². The van der Waals surface area contributed by atoms with Gasteiger partial charge in [-0.1, -0.05) is 12.1 Å². The first kappa shape index (κ1) is 11.8. The summed E-state index contributed by atoms with van der Waals surface area (Å²) in [5, 5.41) is 13.6. The molecule has 92 valence electrons. The molecule has 2 rings (SSSR count). The number of hydrogen-bond donors (Lipinski definition) is 2. The number of nitro benzene ring substituents is 1. The summed E-state index contributed by atoms with van der Waals surface area (Å²) in [5.74, 6) is 0.674. The van der Waals surface area contributed by atoms with Crippen LogP contribution in [0.5, 0.6) is 0 Å². The van der Waals surface area contributed by atoms with Gasteiger partial charge in [-0.2, -0.15) is 0 Å². The van der Waals surface area contributed by atoms with Crippen molar-refractivity contribution in [3.8, 4) is 0 Å². The summed E-state index contributed by atoms with van der Waals surface area (Å²) in [4.78, 5) is 14.2. The summed E-state index contributed by atoms with van der Waals surface area (Å²) < 4.78 is 0. The molecule has 2 aromatic rings. The molecular formula is C12H12N4O2. The fourth-order valence-corrected chi connectivity index (χ4v) is 1.47. The molecular weight excluding hydrogens is 232 g/mol. The van der Waals surface area contributed by atoms with Crippen molar-refractivity contribution in [3.05, 3.63) is 58.3 Å². The number of pyridine rings is 1. The van der Waals surface area contributed by atoms with Crippen molar-refractivity contribution >= 4 is 17.2 Å². The molecule has 1 aromatic carbocycles. The maximum absolute atomic E-state index is 10.5. The van der Waals surface area contributed by atoms with Gasteiger partial charge in [-0.15, -0.1) is 0 Å². The lowest BCUT2D eigenvalue weighted by Gasteiger charge is -2.05. The first-order valence-electron chi connectivity index (χ1n) is 5.34. The van der Waals surface area contributed by atoms with E-state index in [2.05, 4.69) is 10.3 Å². The quantitative estimate of drug-likeness (QED) is 0.635. The summed E-state index contributed by atoms with van der Waals surface area (Å²) >= 11 is 0. The number of benzene rings is 1. The van der Waals surface area contributed by atoms with E-state index in [1.807, 2.05) is 0 Å². The number of nitrogens with two attached hydrogens (primary N) is 1. The van der Waals surface area contributed by atoms with Crippen molar-refractivity contribution in [2.45, 2.75) is 6.54 Å². The highest BCUT2D eigenvalue weighted by atomic mass is 16.6. The van der Waals surface area contributed by atoms with Crippen molar-refractivity contribution in [3.63, 3.8) is 0 Å². The van der Waals surface area contributed by atoms with Crippen molar-refractivity contribution < 1.29 is 4.92 Å². The lowest BCUT2D eigenvalue weighted by atomic mass is 10.2. The molecule has 18 heavy (non-hydrogen) atoms. The average molecular weight is 244 g/mol. The Morgan fingerprint density at radius 3 is 2.61 bits per heavy atom. The highest BCUT2D eigenvalue weighted by Crippen LogP contribution is 2.14. The summed E-state index contributed by atoms with van der Waals surface area (Å²) in [5.41, 5.74) is 7.28. The van der Waals surface area contributed by atoms with Crippen LogP contribution >= 0.6 is 0 Å². The predicted octanol–water partition coefficient (Wildman–Crippen LogP) is 2.18. The van der Waals surface area contributed by atoms with Crippen LogP contribution in [-0.2, 0) is 6.54 Å². The van der Waals surface area contributed by atoms with Crippen LogP contribution in [0.2, 0.25) is 0 Å². The van der Waals surface area contributed by atoms with E-state index in [1.54, 1.807) is 30.5 Å². The highest BCUT2D eigenvalue weighted by Gasteiger charge is 2.03. The predicted molar refractivity (Wildman–Crippen MR) is 69.1 cm³/mol. The Bertz CT molecular complexity index is 554. The van der Waals surface area contributed by atoms with Crippen LogP contribution in [0.4, 0.5) is 17.2 Å². The van der Waals surface area contributed by atoms with E-state index in [-0.39, 0.29) is 5.69 Å². The SMILES string of the molecule is Nc1ccnc(NCc2ccc([N+](=O)[O-])cc2)c1. The number of aromatic nitrogens is 1. The van der Waals surface area contributed by atoms with Crippen LogP contribution in [-0.4, -0.2) is 9.91 Å². The van der Waals surface area contributed by atoms with E-state index >= 15 is 0 Å². The van der Waals surface area contributed by atoms with E-state index in [0.717, 1.165) is 5.56 Å². The number of rotatable bonds is 4. The van der Waals surface area contributed by atoms with Crippen LogP contribution in [0.15, 0.2) is 42.6 Å². The third-order valence-corrected chi connectivity index (χ3v) is 2.40. The van der Waals surface area contributed by atoms with Gasteiger partial charge in [-0.25, -0.2) is 4.98 Å². The van der Waals surface area contributed by atoms with Crippen molar-refractivity contribution in [1.29, 1.82) is 0 Å². The molecule has 0 aliphatic heterocycles. The Balaban J connectivity index is 2.00. The standard InChI is InChI=1S/C12H12N4O2/c13-10-5-6-14-12(7-10)15-8-9-1-3-11(4-2-9)16(17)18/h1-7H,8H2,(H3,13,14,15). The zero-order chi connectivity index (χ0) is 13.0. The van der Waals surface area contributed by atoms with Gasteiger partial charge < -0.3 is 11.1 Å². The molecule has 1 aromatic heterocycles. The molecule has 0 atom stereocenters. The molecule has 0 fully saturated rings. The summed E-state index contributed by atoms with van der Waals surface area (Å²) in [6.45, 7) is 0.536. The van der Waals surface area contributed by atoms with Crippen LogP contribution in [0.25, 0.3) is 0 Å². The number of anilines is 2. The number of nitro groups is 1. The second kappa shape index (κ2) is 5.13. The number of hydrogen-bond acceptors (Lipinski definition) is 5. The molecule has 0 saturated carbocycles. The third kappa shape index (κ3) is 2.94. The second-order valence-corrected chi connectivity index (χ2v) is 3.75. The van der Waals surface area contributed by atoms with E-state index in [9.17, 15) is 10.1 Å². The Morgan fingerprint density at radius 2 is 2.00 bits per heavy atom. The maximum atomic E-state index is 10.5. The Labute approximate surface area is 104 Å². The third-order valence-electron chi connectivity index (χ3n) is 2.40. The second-order valence-electron chi connectivity index (χ2n) is 3.75. The van der Waals surface area contributed by atoms with E-state index in [4.69, 9.17) is 5.73 Å². The summed E-state index contributed by atoms with van der Waals surface area (Å²) in [6.07, 6.45) is 1.62. The minimum absolute atomic E-state index is 0.0841. The average Bonchev–Trinajstić information content (AvgIpc) is 2.37. The number of non-ortho nitro benzene ring substituents is 1. The van der Waals surface area contributed by atoms with Crippen LogP contribution < -0.4 is 11.1 Å². The van der Waals surface area contributed by atoms with Crippen molar-refractivity contribution in [1.82, 2.24) is 4.98 Å². The molecule has 3 N–H and O–H groups in total. The zero-order valence-corrected chi connectivity index (χ0v) is 9.54.